The normalized spacial score (nSPS) is 25.6. The maximum Gasteiger partial charge on any atom is 0.416 e. The van der Waals surface area contributed by atoms with Crippen LogP contribution in [0.4, 0.5) is 18.9 Å². The Labute approximate surface area is 115 Å². The third kappa shape index (κ3) is 2.58. The fraction of sp³-hybridized carbons (Fsp3) is 0.333. The zero-order valence-corrected chi connectivity index (χ0v) is 10.8. The lowest BCUT2D eigenvalue weighted by Crippen LogP contribution is -2.20. The number of anilines is 1. The molecule has 1 fully saturated rings. The Morgan fingerprint density at radius 1 is 1.15 bits per heavy atom. The summed E-state index contributed by atoms with van der Waals surface area (Å²) in [5.74, 6) is 0.392. The summed E-state index contributed by atoms with van der Waals surface area (Å²) in [7, 11) is 0. The minimum absolute atomic E-state index is 0.221. The Bertz CT molecular complexity index is 557. The number of benzene rings is 1. The van der Waals surface area contributed by atoms with E-state index in [1.165, 1.54) is 12.1 Å². The van der Waals surface area contributed by atoms with Crippen LogP contribution in [0.2, 0.25) is 0 Å². The largest absolute Gasteiger partial charge is 0.416 e. The van der Waals surface area contributed by atoms with Gasteiger partial charge in [-0.15, -0.1) is 0 Å². The minimum Gasteiger partial charge on any atom is -0.344 e. The lowest BCUT2D eigenvalue weighted by Gasteiger charge is -2.24. The van der Waals surface area contributed by atoms with Crippen LogP contribution < -0.4 is 10.6 Å². The molecule has 0 spiro atoms. The van der Waals surface area contributed by atoms with E-state index in [4.69, 9.17) is 5.73 Å². The SMILES string of the molecule is N[C@@H]1C[C@H]1C1=CN(c2ccc(C(F)(F)F)cc2)CC=C1. The monoisotopic (exact) mass is 280 g/mol. The first-order valence-corrected chi connectivity index (χ1v) is 6.53. The van der Waals surface area contributed by atoms with Crippen LogP contribution >= 0.6 is 0 Å². The van der Waals surface area contributed by atoms with E-state index in [0.29, 0.717) is 12.5 Å². The molecule has 1 heterocycles. The van der Waals surface area contributed by atoms with Gasteiger partial charge in [0.05, 0.1) is 5.56 Å². The molecule has 2 aliphatic rings. The highest BCUT2D eigenvalue weighted by molar-refractivity contribution is 5.54. The molecule has 0 aromatic heterocycles. The number of nitrogens with two attached hydrogens (primary N) is 1. The molecule has 1 saturated carbocycles. The molecule has 5 heteroatoms. The average Bonchev–Trinajstić information content (AvgIpc) is 3.15. The molecule has 0 amide bonds. The molecule has 0 bridgehead atoms. The molecule has 1 aliphatic carbocycles. The van der Waals surface area contributed by atoms with Crippen molar-refractivity contribution in [2.75, 3.05) is 11.4 Å². The number of rotatable bonds is 2. The molecule has 0 saturated heterocycles. The van der Waals surface area contributed by atoms with Gasteiger partial charge in [0.15, 0.2) is 0 Å². The number of nitrogens with zero attached hydrogens (tertiary/aromatic N) is 1. The van der Waals surface area contributed by atoms with E-state index in [9.17, 15) is 13.2 Å². The van der Waals surface area contributed by atoms with Gasteiger partial charge in [-0.1, -0.05) is 12.2 Å². The summed E-state index contributed by atoms with van der Waals surface area (Å²) in [6.07, 6.45) is 2.75. The van der Waals surface area contributed by atoms with Crippen LogP contribution in [0.15, 0.2) is 48.2 Å². The van der Waals surface area contributed by atoms with Crippen LogP contribution in [0.3, 0.4) is 0 Å². The van der Waals surface area contributed by atoms with Gasteiger partial charge in [-0.2, -0.15) is 13.2 Å². The van der Waals surface area contributed by atoms with Gasteiger partial charge in [-0.25, -0.2) is 0 Å². The predicted octanol–water partition coefficient (Wildman–Crippen LogP) is 3.31. The van der Waals surface area contributed by atoms with Gasteiger partial charge in [0.1, 0.15) is 0 Å². The number of hydrogen-bond acceptors (Lipinski definition) is 2. The standard InChI is InChI=1S/C15H15F3N2/c16-15(17,18)11-3-5-12(6-4-11)20-7-1-2-10(9-20)13-8-14(13)19/h1-6,9,13-14H,7-8,19H2/t13-,14+/m0/s1. The maximum absolute atomic E-state index is 12.5. The van der Waals surface area contributed by atoms with Crippen LogP contribution in [0.1, 0.15) is 12.0 Å². The Hall–Kier alpha value is -1.75. The quantitative estimate of drug-likeness (QED) is 0.900. The van der Waals surface area contributed by atoms with Crippen molar-refractivity contribution in [3.8, 4) is 0 Å². The molecular formula is C15H15F3N2. The van der Waals surface area contributed by atoms with E-state index in [1.807, 2.05) is 17.2 Å². The van der Waals surface area contributed by atoms with Crippen molar-refractivity contribution < 1.29 is 13.2 Å². The molecule has 0 unspecified atom stereocenters. The van der Waals surface area contributed by atoms with Gasteiger partial charge >= 0.3 is 6.18 Å². The minimum atomic E-state index is -4.29. The van der Waals surface area contributed by atoms with Gasteiger partial charge < -0.3 is 10.6 Å². The van der Waals surface area contributed by atoms with Crippen molar-refractivity contribution in [3.63, 3.8) is 0 Å². The molecular weight excluding hydrogens is 265 g/mol. The van der Waals surface area contributed by atoms with E-state index in [0.717, 1.165) is 29.8 Å². The molecule has 106 valence electrons. The van der Waals surface area contributed by atoms with E-state index in [1.54, 1.807) is 0 Å². The lowest BCUT2D eigenvalue weighted by atomic mass is 10.1. The highest BCUT2D eigenvalue weighted by Crippen LogP contribution is 2.38. The fourth-order valence-electron chi connectivity index (χ4n) is 2.42. The molecule has 1 aromatic rings. The maximum atomic E-state index is 12.5. The summed E-state index contributed by atoms with van der Waals surface area (Å²) >= 11 is 0. The van der Waals surface area contributed by atoms with Gasteiger partial charge in [-0.05, 0) is 36.3 Å². The molecule has 0 radical (unpaired) electrons. The first kappa shape index (κ1) is 13.2. The lowest BCUT2D eigenvalue weighted by molar-refractivity contribution is -0.137. The number of hydrogen-bond donors (Lipinski definition) is 1. The summed E-state index contributed by atoms with van der Waals surface area (Å²) in [6, 6.07) is 5.46. The first-order valence-electron chi connectivity index (χ1n) is 6.53. The highest BCUT2D eigenvalue weighted by Gasteiger charge is 2.36. The zero-order valence-electron chi connectivity index (χ0n) is 10.8. The Kier molecular flexibility index (Phi) is 3.09. The molecule has 1 aromatic carbocycles. The number of alkyl halides is 3. The molecule has 1 aliphatic heterocycles. The third-order valence-corrected chi connectivity index (χ3v) is 3.71. The second-order valence-electron chi connectivity index (χ2n) is 5.23. The van der Waals surface area contributed by atoms with Crippen molar-refractivity contribution in [1.82, 2.24) is 0 Å². The number of allylic oxidation sites excluding steroid dienone is 1. The summed E-state index contributed by atoms with van der Waals surface area (Å²) in [6.45, 7) is 0.664. The average molecular weight is 280 g/mol. The third-order valence-electron chi connectivity index (χ3n) is 3.71. The first-order chi connectivity index (χ1) is 9.45. The van der Waals surface area contributed by atoms with Crippen LogP contribution in [-0.2, 0) is 6.18 Å². The van der Waals surface area contributed by atoms with Crippen LogP contribution in [0.5, 0.6) is 0 Å². The zero-order chi connectivity index (χ0) is 14.3. The fourth-order valence-corrected chi connectivity index (χ4v) is 2.42. The van der Waals surface area contributed by atoms with E-state index >= 15 is 0 Å². The van der Waals surface area contributed by atoms with E-state index in [-0.39, 0.29) is 6.04 Å². The van der Waals surface area contributed by atoms with Crippen molar-refractivity contribution in [2.45, 2.75) is 18.6 Å². The molecule has 2 nitrogen and oxygen atoms in total. The topological polar surface area (TPSA) is 29.3 Å². The second kappa shape index (κ2) is 4.66. The van der Waals surface area contributed by atoms with Crippen molar-refractivity contribution in [2.24, 2.45) is 11.7 Å². The van der Waals surface area contributed by atoms with Gasteiger partial charge in [0.25, 0.3) is 0 Å². The molecule has 20 heavy (non-hydrogen) atoms. The van der Waals surface area contributed by atoms with Crippen LogP contribution in [0.25, 0.3) is 0 Å². The summed E-state index contributed by atoms with van der Waals surface area (Å²) < 4.78 is 37.6. The Morgan fingerprint density at radius 2 is 1.80 bits per heavy atom. The van der Waals surface area contributed by atoms with Crippen molar-refractivity contribution >= 4 is 5.69 Å². The number of halogens is 3. The smallest absolute Gasteiger partial charge is 0.344 e. The van der Waals surface area contributed by atoms with Gasteiger partial charge in [0.2, 0.25) is 0 Å². The van der Waals surface area contributed by atoms with E-state index in [2.05, 4.69) is 6.08 Å². The predicted molar refractivity (Wildman–Crippen MR) is 72.1 cm³/mol. The van der Waals surface area contributed by atoms with Crippen molar-refractivity contribution in [1.29, 1.82) is 0 Å². The van der Waals surface area contributed by atoms with Gasteiger partial charge in [-0.3, -0.25) is 0 Å². The molecule has 2 N–H and O–H groups in total. The second-order valence-corrected chi connectivity index (χ2v) is 5.23. The van der Waals surface area contributed by atoms with E-state index < -0.39 is 11.7 Å². The van der Waals surface area contributed by atoms with Crippen LogP contribution in [-0.4, -0.2) is 12.6 Å². The molecule has 2 atom stereocenters. The highest BCUT2D eigenvalue weighted by atomic mass is 19.4. The van der Waals surface area contributed by atoms with Crippen LogP contribution in [0, 0.1) is 5.92 Å². The van der Waals surface area contributed by atoms with Gasteiger partial charge in [0, 0.05) is 30.4 Å². The Balaban J connectivity index is 1.79. The summed E-state index contributed by atoms with van der Waals surface area (Å²) in [4.78, 5) is 1.94. The molecule has 3 rings (SSSR count). The Morgan fingerprint density at radius 3 is 2.35 bits per heavy atom. The van der Waals surface area contributed by atoms with Crippen molar-refractivity contribution in [3.05, 3.63) is 53.8 Å². The summed E-state index contributed by atoms with van der Waals surface area (Å²) in [5.41, 5.74) is 7.12. The summed E-state index contributed by atoms with van der Waals surface area (Å²) in [5, 5.41) is 0.